The number of nitrogens with two attached hydrogens (primary N) is 1. The largest absolute Gasteiger partial charge is 0.366 e. The standard InChI is InChI=1S/C23H22N4O2/c24-22(28)17-10-8-16(9-11-17)20-6-1-7-21(26-20)19-5-3-13-27(15-19)23(29)18-4-2-12-25-14-18/h1-2,4,6-12,14,19H,3,5,13,15H2,(H2,24,28)/t19-/m0/s1. The lowest BCUT2D eigenvalue weighted by Gasteiger charge is -2.32. The van der Waals surface area contributed by atoms with Crippen LogP contribution in [0.4, 0.5) is 0 Å². The Hall–Kier alpha value is -3.54. The van der Waals surface area contributed by atoms with Crippen molar-refractivity contribution in [3.63, 3.8) is 0 Å². The summed E-state index contributed by atoms with van der Waals surface area (Å²) in [5.74, 6) is -0.242. The first-order valence-corrected chi connectivity index (χ1v) is 9.68. The first kappa shape index (κ1) is 18.8. The molecule has 1 atom stereocenters. The fraction of sp³-hybridized carbons (Fsp3) is 0.217. The number of nitrogens with zero attached hydrogens (tertiary/aromatic N) is 3. The summed E-state index contributed by atoms with van der Waals surface area (Å²) in [5.41, 5.74) is 9.15. The lowest BCUT2D eigenvalue weighted by atomic mass is 9.93. The van der Waals surface area contributed by atoms with E-state index in [1.807, 2.05) is 35.2 Å². The molecule has 2 N–H and O–H groups in total. The first-order chi connectivity index (χ1) is 14.1. The van der Waals surface area contributed by atoms with Gasteiger partial charge in [-0.3, -0.25) is 19.6 Å². The van der Waals surface area contributed by atoms with Gasteiger partial charge in [-0.25, -0.2) is 0 Å². The number of carbonyl (C=O) groups excluding carboxylic acids is 2. The summed E-state index contributed by atoms with van der Waals surface area (Å²) in [4.78, 5) is 34.8. The average Bonchev–Trinajstić information content (AvgIpc) is 2.79. The Balaban J connectivity index is 1.53. The molecule has 0 unspecified atom stereocenters. The van der Waals surface area contributed by atoms with Crippen LogP contribution in [-0.4, -0.2) is 39.8 Å². The van der Waals surface area contributed by atoms with Crippen LogP contribution in [0.5, 0.6) is 0 Å². The molecule has 2 aromatic heterocycles. The van der Waals surface area contributed by atoms with Crippen molar-refractivity contribution < 1.29 is 9.59 Å². The molecule has 0 radical (unpaired) electrons. The predicted molar refractivity (Wildman–Crippen MR) is 110 cm³/mol. The molecule has 29 heavy (non-hydrogen) atoms. The molecule has 1 saturated heterocycles. The van der Waals surface area contributed by atoms with Crippen LogP contribution in [0.15, 0.2) is 67.0 Å². The molecule has 1 aromatic carbocycles. The molecular formula is C23H22N4O2. The van der Waals surface area contributed by atoms with Crippen molar-refractivity contribution in [1.29, 1.82) is 0 Å². The Morgan fingerprint density at radius 3 is 2.55 bits per heavy atom. The van der Waals surface area contributed by atoms with Crippen molar-refractivity contribution in [2.45, 2.75) is 18.8 Å². The number of piperidine rings is 1. The van der Waals surface area contributed by atoms with E-state index < -0.39 is 5.91 Å². The summed E-state index contributed by atoms with van der Waals surface area (Å²) in [7, 11) is 0. The molecule has 4 rings (SSSR count). The second kappa shape index (κ2) is 8.22. The van der Waals surface area contributed by atoms with Gasteiger partial charge in [-0.15, -0.1) is 0 Å². The maximum Gasteiger partial charge on any atom is 0.255 e. The Kier molecular flexibility index (Phi) is 5.33. The fourth-order valence-corrected chi connectivity index (χ4v) is 3.72. The van der Waals surface area contributed by atoms with Gasteiger partial charge in [0.05, 0.1) is 11.3 Å². The molecule has 146 valence electrons. The smallest absolute Gasteiger partial charge is 0.255 e. The number of benzene rings is 1. The van der Waals surface area contributed by atoms with Crippen LogP contribution in [0.1, 0.15) is 45.2 Å². The van der Waals surface area contributed by atoms with Gasteiger partial charge in [0.25, 0.3) is 5.91 Å². The van der Waals surface area contributed by atoms with Crippen LogP contribution in [0.2, 0.25) is 0 Å². The Morgan fingerprint density at radius 1 is 1.00 bits per heavy atom. The minimum atomic E-state index is -0.446. The molecule has 1 aliphatic heterocycles. The second-order valence-corrected chi connectivity index (χ2v) is 7.22. The monoisotopic (exact) mass is 386 g/mol. The van der Waals surface area contributed by atoms with Crippen LogP contribution >= 0.6 is 0 Å². The summed E-state index contributed by atoms with van der Waals surface area (Å²) >= 11 is 0. The fourth-order valence-electron chi connectivity index (χ4n) is 3.72. The quantitative estimate of drug-likeness (QED) is 0.745. The number of rotatable bonds is 4. The molecule has 0 spiro atoms. The number of carbonyl (C=O) groups is 2. The zero-order valence-corrected chi connectivity index (χ0v) is 16.0. The number of pyridine rings is 2. The third kappa shape index (κ3) is 4.16. The van der Waals surface area contributed by atoms with Gasteiger partial charge in [0.1, 0.15) is 0 Å². The zero-order chi connectivity index (χ0) is 20.2. The van der Waals surface area contributed by atoms with E-state index in [0.29, 0.717) is 17.7 Å². The van der Waals surface area contributed by atoms with Crippen LogP contribution in [-0.2, 0) is 0 Å². The molecule has 3 heterocycles. The number of hydrogen-bond acceptors (Lipinski definition) is 4. The molecule has 1 fully saturated rings. The van der Waals surface area contributed by atoms with Crippen LogP contribution in [0, 0.1) is 0 Å². The van der Waals surface area contributed by atoms with E-state index in [0.717, 1.165) is 36.3 Å². The lowest BCUT2D eigenvalue weighted by Crippen LogP contribution is -2.39. The summed E-state index contributed by atoms with van der Waals surface area (Å²) in [6, 6.07) is 16.7. The summed E-state index contributed by atoms with van der Waals surface area (Å²) in [6.45, 7) is 1.39. The molecule has 1 aliphatic rings. The van der Waals surface area contributed by atoms with E-state index in [4.69, 9.17) is 10.7 Å². The van der Waals surface area contributed by atoms with Gasteiger partial charge in [0.2, 0.25) is 5.91 Å². The normalized spacial score (nSPS) is 16.4. The van der Waals surface area contributed by atoms with Gasteiger partial charge in [0.15, 0.2) is 0 Å². The highest BCUT2D eigenvalue weighted by atomic mass is 16.2. The van der Waals surface area contributed by atoms with Crippen LogP contribution in [0.3, 0.4) is 0 Å². The van der Waals surface area contributed by atoms with Crippen molar-refractivity contribution in [2.75, 3.05) is 13.1 Å². The molecule has 6 heteroatoms. The predicted octanol–water partition coefficient (Wildman–Crippen LogP) is 3.26. The van der Waals surface area contributed by atoms with Crippen molar-refractivity contribution in [1.82, 2.24) is 14.9 Å². The SMILES string of the molecule is NC(=O)c1ccc(-c2cccc([C@H]3CCCN(C(=O)c4cccnc4)C3)n2)cc1. The van der Waals surface area contributed by atoms with Crippen molar-refractivity contribution >= 4 is 11.8 Å². The highest BCUT2D eigenvalue weighted by molar-refractivity contribution is 5.94. The molecule has 6 nitrogen and oxygen atoms in total. The van der Waals surface area contributed by atoms with Gasteiger partial charge in [-0.1, -0.05) is 18.2 Å². The average molecular weight is 386 g/mol. The lowest BCUT2D eigenvalue weighted by molar-refractivity contribution is 0.0705. The number of aromatic nitrogens is 2. The minimum Gasteiger partial charge on any atom is -0.366 e. The Morgan fingerprint density at radius 2 is 1.83 bits per heavy atom. The molecule has 0 bridgehead atoms. The highest BCUT2D eigenvalue weighted by Gasteiger charge is 2.26. The zero-order valence-electron chi connectivity index (χ0n) is 16.0. The van der Waals surface area contributed by atoms with Gasteiger partial charge in [0, 0.05) is 48.2 Å². The van der Waals surface area contributed by atoms with Crippen molar-refractivity contribution in [3.8, 4) is 11.3 Å². The molecule has 0 aliphatic carbocycles. The van der Waals surface area contributed by atoms with E-state index >= 15 is 0 Å². The minimum absolute atomic E-state index is 0.0148. The van der Waals surface area contributed by atoms with Crippen LogP contribution in [0.25, 0.3) is 11.3 Å². The topological polar surface area (TPSA) is 89.2 Å². The summed E-state index contributed by atoms with van der Waals surface area (Å²) in [6.07, 6.45) is 5.21. The van der Waals surface area contributed by atoms with E-state index in [1.165, 1.54) is 0 Å². The molecule has 2 amide bonds. The van der Waals surface area contributed by atoms with Crippen molar-refractivity contribution in [2.24, 2.45) is 5.73 Å². The first-order valence-electron chi connectivity index (χ1n) is 9.68. The third-order valence-electron chi connectivity index (χ3n) is 5.27. The number of primary amides is 1. The highest BCUT2D eigenvalue weighted by Crippen LogP contribution is 2.28. The van der Waals surface area contributed by atoms with E-state index in [-0.39, 0.29) is 11.8 Å². The number of amides is 2. The van der Waals surface area contributed by atoms with Gasteiger partial charge >= 0.3 is 0 Å². The summed E-state index contributed by atoms with van der Waals surface area (Å²) in [5, 5.41) is 0. The maximum absolute atomic E-state index is 12.8. The second-order valence-electron chi connectivity index (χ2n) is 7.22. The van der Waals surface area contributed by atoms with E-state index in [1.54, 1.807) is 36.7 Å². The van der Waals surface area contributed by atoms with E-state index in [2.05, 4.69) is 4.98 Å². The number of hydrogen-bond donors (Lipinski definition) is 1. The van der Waals surface area contributed by atoms with Crippen LogP contribution < -0.4 is 5.73 Å². The number of likely N-dealkylation sites (tertiary alicyclic amines) is 1. The molecular weight excluding hydrogens is 364 g/mol. The Bertz CT molecular complexity index is 1020. The van der Waals surface area contributed by atoms with E-state index in [9.17, 15) is 9.59 Å². The third-order valence-corrected chi connectivity index (χ3v) is 5.27. The maximum atomic E-state index is 12.8. The molecule has 3 aromatic rings. The molecule has 0 saturated carbocycles. The Labute approximate surface area is 169 Å². The van der Waals surface area contributed by atoms with Gasteiger partial charge < -0.3 is 10.6 Å². The van der Waals surface area contributed by atoms with Crippen molar-refractivity contribution in [3.05, 3.63) is 83.8 Å². The van der Waals surface area contributed by atoms with Gasteiger partial charge in [-0.2, -0.15) is 0 Å². The van der Waals surface area contributed by atoms with Gasteiger partial charge in [-0.05, 0) is 49.2 Å². The summed E-state index contributed by atoms with van der Waals surface area (Å²) < 4.78 is 0.